The summed E-state index contributed by atoms with van der Waals surface area (Å²) in [5, 5.41) is 8.33. The number of hydrogen-bond donors (Lipinski definition) is 0. The number of hydrogen-bond acceptors (Lipinski definition) is 2. The second-order valence-corrected chi connectivity index (χ2v) is 5.04. The molecule has 0 heterocycles. The van der Waals surface area contributed by atoms with E-state index < -0.39 is 0 Å². The van der Waals surface area contributed by atoms with E-state index in [1.807, 2.05) is 0 Å². The van der Waals surface area contributed by atoms with Crippen molar-refractivity contribution in [1.82, 2.24) is 0 Å². The van der Waals surface area contributed by atoms with Gasteiger partial charge in [0.25, 0.3) is 0 Å². The quantitative estimate of drug-likeness (QED) is 0.311. The van der Waals surface area contributed by atoms with E-state index in [2.05, 4.69) is 25.1 Å². The molecular weight excluding hydrogens is 234 g/mol. The van der Waals surface area contributed by atoms with Crippen LogP contribution in [0.15, 0.2) is 12.2 Å². The fourth-order valence-electron chi connectivity index (χ4n) is 1.98. The summed E-state index contributed by atoms with van der Waals surface area (Å²) in [5.74, 6) is 0. The van der Waals surface area contributed by atoms with Crippen LogP contribution in [-0.2, 0) is 4.74 Å². The minimum Gasteiger partial charge on any atom is -0.380 e. The van der Waals surface area contributed by atoms with Gasteiger partial charge in [0, 0.05) is 6.61 Å². The molecule has 0 aromatic heterocycles. The minimum atomic E-state index is 0.508. The molecule has 0 bridgehead atoms. The number of unbranched alkanes of at least 4 members (excludes halogenated alkanes) is 8. The molecule has 0 aliphatic heterocycles. The first-order valence-corrected chi connectivity index (χ1v) is 8.01. The van der Waals surface area contributed by atoms with Gasteiger partial charge in [-0.15, -0.1) is 0 Å². The maximum absolute atomic E-state index is 8.33. The molecule has 0 saturated carbocycles. The molecular formula is C17H31NO. The Balaban J connectivity index is 3.03. The Labute approximate surface area is 119 Å². The van der Waals surface area contributed by atoms with Crippen molar-refractivity contribution >= 4 is 0 Å². The van der Waals surface area contributed by atoms with Crippen LogP contribution in [0, 0.1) is 11.3 Å². The average Bonchev–Trinajstić information content (AvgIpc) is 2.43. The van der Waals surface area contributed by atoms with Crippen molar-refractivity contribution in [3.8, 4) is 6.07 Å². The van der Waals surface area contributed by atoms with Gasteiger partial charge in [-0.25, -0.2) is 0 Å². The molecule has 2 nitrogen and oxygen atoms in total. The van der Waals surface area contributed by atoms with Gasteiger partial charge in [0.05, 0.1) is 19.1 Å². The number of rotatable bonds is 14. The first kappa shape index (κ1) is 18.2. The lowest BCUT2D eigenvalue weighted by atomic mass is 10.1. The van der Waals surface area contributed by atoms with Gasteiger partial charge in [-0.2, -0.15) is 5.26 Å². The van der Waals surface area contributed by atoms with E-state index >= 15 is 0 Å². The van der Waals surface area contributed by atoms with Crippen LogP contribution in [0.4, 0.5) is 0 Å². The Morgan fingerprint density at radius 2 is 1.47 bits per heavy atom. The van der Waals surface area contributed by atoms with Crippen LogP contribution in [0.3, 0.4) is 0 Å². The Hall–Kier alpha value is -0.810. The smallest absolute Gasteiger partial charge is 0.0645 e. The monoisotopic (exact) mass is 265 g/mol. The van der Waals surface area contributed by atoms with Gasteiger partial charge in [0.1, 0.15) is 0 Å². The molecule has 0 radical (unpaired) electrons. The van der Waals surface area contributed by atoms with E-state index in [4.69, 9.17) is 10.00 Å². The van der Waals surface area contributed by atoms with E-state index in [0.717, 1.165) is 19.4 Å². The first-order valence-electron chi connectivity index (χ1n) is 8.01. The van der Waals surface area contributed by atoms with Crippen LogP contribution >= 0.6 is 0 Å². The van der Waals surface area contributed by atoms with Crippen molar-refractivity contribution in [2.24, 2.45) is 0 Å². The van der Waals surface area contributed by atoms with Crippen LogP contribution < -0.4 is 0 Å². The van der Waals surface area contributed by atoms with Crippen molar-refractivity contribution < 1.29 is 4.74 Å². The third kappa shape index (κ3) is 17.2. The van der Waals surface area contributed by atoms with Gasteiger partial charge in [0.15, 0.2) is 0 Å². The lowest BCUT2D eigenvalue weighted by Crippen LogP contribution is -1.95. The number of nitriles is 1. The predicted octanol–water partition coefficient (Wildman–Crippen LogP) is 5.39. The summed E-state index contributed by atoms with van der Waals surface area (Å²) in [6.45, 7) is 3.63. The summed E-state index contributed by atoms with van der Waals surface area (Å²) in [6, 6.07) is 2.08. The topological polar surface area (TPSA) is 33.0 Å². The van der Waals surface area contributed by atoms with Crippen LogP contribution in [0.5, 0.6) is 0 Å². The molecule has 0 saturated heterocycles. The van der Waals surface area contributed by atoms with Gasteiger partial charge in [-0.1, -0.05) is 57.6 Å². The summed E-state index contributed by atoms with van der Waals surface area (Å²) in [6.07, 6.45) is 18.2. The van der Waals surface area contributed by atoms with Crippen molar-refractivity contribution in [2.75, 3.05) is 13.2 Å². The average molecular weight is 265 g/mol. The Morgan fingerprint density at radius 3 is 2.16 bits per heavy atom. The SMILES string of the molecule is CCCCCCCCC/C=C/CCCOCCC#N. The molecule has 0 aromatic carbocycles. The Bertz CT molecular complexity index is 230. The van der Waals surface area contributed by atoms with Crippen LogP contribution in [0.1, 0.15) is 77.6 Å². The van der Waals surface area contributed by atoms with E-state index in [1.165, 1.54) is 51.4 Å². The fraction of sp³-hybridized carbons (Fsp3) is 0.824. The Kier molecular flexibility index (Phi) is 16.5. The van der Waals surface area contributed by atoms with Crippen LogP contribution in [0.2, 0.25) is 0 Å². The maximum atomic E-state index is 8.33. The molecule has 0 fully saturated rings. The zero-order chi connectivity index (χ0) is 14.0. The predicted molar refractivity (Wildman–Crippen MR) is 82.0 cm³/mol. The molecule has 0 unspecified atom stereocenters. The van der Waals surface area contributed by atoms with E-state index in [1.54, 1.807) is 0 Å². The fourth-order valence-corrected chi connectivity index (χ4v) is 1.98. The van der Waals surface area contributed by atoms with Crippen molar-refractivity contribution in [2.45, 2.75) is 77.6 Å². The highest BCUT2D eigenvalue weighted by molar-refractivity contribution is 4.81. The number of allylic oxidation sites excluding steroid dienone is 2. The van der Waals surface area contributed by atoms with E-state index in [-0.39, 0.29) is 0 Å². The molecule has 0 N–H and O–H groups in total. The molecule has 0 amide bonds. The van der Waals surface area contributed by atoms with Gasteiger partial charge < -0.3 is 4.74 Å². The zero-order valence-corrected chi connectivity index (χ0v) is 12.7. The summed E-state index contributed by atoms with van der Waals surface area (Å²) in [7, 11) is 0. The van der Waals surface area contributed by atoms with Crippen LogP contribution in [0.25, 0.3) is 0 Å². The maximum Gasteiger partial charge on any atom is 0.0645 e. The lowest BCUT2D eigenvalue weighted by molar-refractivity contribution is 0.138. The highest BCUT2D eigenvalue weighted by Gasteiger charge is 1.90. The molecule has 0 aliphatic carbocycles. The summed E-state index contributed by atoms with van der Waals surface area (Å²) in [5.41, 5.74) is 0. The van der Waals surface area contributed by atoms with E-state index in [9.17, 15) is 0 Å². The molecule has 2 heteroatoms. The molecule has 0 atom stereocenters. The third-order valence-corrected chi connectivity index (χ3v) is 3.16. The lowest BCUT2D eigenvalue weighted by Gasteiger charge is -1.99. The number of ether oxygens (including phenoxy) is 1. The van der Waals surface area contributed by atoms with Gasteiger partial charge >= 0.3 is 0 Å². The molecule has 0 aromatic rings. The van der Waals surface area contributed by atoms with Gasteiger partial charge in [0.2, 0.25) is 0 Å². The summed E-state index contributed by atoms with van der Waals surface area (Å²) < 4.78 is 5.31. The summed E-state index contributed by atoms with van der Waals surface area (Å²) >= 11 is 0. The molecule has 19 heavy (non-hydrogen) atoms. The first-order chi connectivity index (χ1) is 9.41. The molecule has 0 rings (SSSR count). The zero-order valence-electron chi connectivity index (χ0n) is 12.7. The second-order valence-electron chi connectivity index (χ2n) is 5.04. The Morgan fingerprint density at radius 1 is 0.842 bits per heavy atom. The third-order valence-electron chi connectivity index (χ3n) is 3.16. The van der Waals surface area contributed by atoms with Crippen molar-refractivity contribution in [3.05, 3.63) is 12.2 Å². The standard InChI is InChI=1S/C17H31NO/c1-2-3-4-5-6-7-8-9-10-11-12-13-16-19-17-14-15-18/h10-11H,2-9,12-14,16-17H2,1H3/b11-10+. The van der Waals surface area contributed by atoms with Gasteiger partial charge in [-0.05, 0) is 25.7 Å². The number of nitrogens with zero attached hydrogens (tertiary/aromatic N) is 1. The van der Waals surface area contributed by atoms with E-state index in [0.29, 0.717) is 13.0 Å². The second kappa shape index (κ2) is 17.2. The largest absolute Gasteiger partial charge is 0.380 e. The summed E-state index contributed by atoms with van der Waals surface area (Å²) in [4.78, 5) is 0. The highest BCUT2D eigenvalue weighted by Crippen LogP contribution is 2.08. The van der Waals surface area contributed by atoms with Gasteiger partial charge in [-0.3, -0.25) is 0 Å². The minimum absolute atomic E-state index is 0.508. The highest BCUT2D eigenvalue weighted by atomic mass is 16.5. The van der Waals surface area contributed by atoms with Crippen molar-refractivity contribution in [3.63, 3.8) is 0 Å². The molecule has 110 valence electrons. The van der Waals surface area contributed by atoms with Crippen LogP contribution in [-0.4, -0.2) is 13.2 Å². The molecule has 0 spiro atoms. The van der Waals surface area contributed by atoms with Crippen molar-refractivity contribution in [1.29, 1.82) is 5.26 Å². The molecule has 0 aliphatic rings. The normalized spacial score (nSPS) is 10.9.